The Morgan fingerprint density at radius 1 is 0.795 bits per heavy atom. The number of carbonyl (C=O) groups is 4. The van der Waals surface area contributed by atoms with Gasteiger partial charge in [-0.05, 0) is 47.9 Å². The van der Waals surface area contributed by atoms with Crippen molar-refractivity contribution in [1.82, 2.24) is 30.0 Å². The molecule has 39 heavy (non-hydrogen) atoms. The number of amides is 4. The molecule has 0 radical (unpaired) electrons. The fourth-order valence-electron chi connectivity index (χ4n) is 5.45. The quantitative estimate of drug-likeness (QED) is 0.486. The van der Waals surface area contributed by atoms with Gasteiger partial charge >= 0.3 is 0 Å². The maximum atomic E-state index is 13.1. The highest BCUT2D eigenvalue weighted by Gasteiger charge is 2.44. The van der Waals surface area contributed by atoms with Crippen molar-refractivity contribution in [2.45, 2.75) is 32.0 Å². The molecule has 2 fully saturated rings. The second-order valence-electron chi connectivity index (χ2n) is 10.2. The maximum absolute atomic E-state index is 13.1. The second kappa shape index (κ2) is 10.5. The second-order valence-corrected chi connectivity index (χ2v) is 10.2. The first kappa shape index (κ1) is 25.0. The number of piperazine rings is 1. The van der Waals surface area contributed by atoms with E-state index in [1.165, 1.54) is 5.56 Å². The molecule has 1 unspecified atom stereocenters. The van der Waals surface area contributed by atoms with Crippen LogP contribution >= 0.6 is 0 Å². The van der Waals surface area contributed by atoms with Gasteiger partial charge in [-0.2, -0.15) is 0 Å². The van der Waals surface area contributed by atoms with Crippen LogP contribution in [-0.4, -0.2) is 80.5 Å². The summed E-state index contributed by atoms with van der Waals surface area (Å²) in [5.74, 6) is -1.93. The third-order valence-electron chi connectivity index (χ3n) is 7.58. The predicted octanol–water partition coefficient (Wildman–Crippen LogP) is 1.86. The number of benzene rings is 1. The maximum Gasteiger partial charge on any atom is 0.262 e. The van der Waals surface area contributed by atoms with E-state index in [1.807, 2.05) is 30.5 Å². The molecule has 2 saturated heterocycles. The third kappa shape index (κ3) is 5.08. The van der Waals surface area contributed by atoms with Crippen LogP contribution in [-0.2, 0) is 22.7 Å². The fourth-order valence-corrected chi connectivity index (χ4v) is 5.45. The van der Waals surface area contributed by atoms with Crippen molar-refractivity contribution in [3.63, 3.8) is 0 Å². The lowest BCUT2D eigenvalue weighted by atomic mass is 10.0. The SMILES string of the molecule is O=C1CCC(N2C(=O)c3ccc(CN4CCN(Cc5ccc(-c6ccncc6)nc5)CC4)cc3C2=O)C(=O)N1. The monoisotopic (exact) mass is 524 g/mol. The summed E-state index contributed by atoms with van der Waals surface area (Å²) >= 11 is 0. The molecule has 0 aliphatic carbocycles. The molecule has 10 heteroatoms. The predicted molar refractivity (Wildman–Crippen MR) is 141 cm³/mol. The van der Waals surface area contributed by atoms with Crippen molar-refractivity contribution < 1.29 is 19.2 Å². The van der Waals surface area contributed by atoms with Crippen molar-refractivity contribution in [2.24, 2.45) is 0 Å². The van der Waals surface area contributed by atoms with Crippen molar-refractivity contribution in [3.8, 4) is 11.3 Å². The fraction of sp³-hybridized carbons (Fsp3) is 0.310. The molecule has 1 N–H and O–H groups in total. The number of carbonyl (C=O) groups excluding carboxylic acids is 4. The Morgan fingerprint density at radius 2 is 1.46 bits per heavy atom. The summed E-state index contributed by atoms with van der Waals surface area (Å²) in [5, 5.41) is 2.23. The Balaban J connectivity index is 1.04. The number of pyridine rings is 2. The number of aromatic nitrogens is 2. The molecule has 1 atom stereocenters. The minimum atomic E-state index is -0.950. The Labute approximate surface area is 225 Å². The lowest BCUT2D eigenvalue weighted by Gasteiger charge is -2.34. The number of nitrogens with one attached hydrogen (secondary N) is 1. The van der Waals surface area contributed by atoms with Crippen LogP contribution in [0.25, 0.3) is 11.3 Å². The van der Waals surface area contributed by atoms with E-state index in [0.717, 1.165) is 54.4 Å². The van der Waals surface area contributed by atoms with Gasteiger partial charge in [0.15, 0.2) is 0 Å². The number of imide groups is 2. The first-order valence-corrected chi connectivity index (χ1v) is 13.1. The van der Waals surface area contributed by atoms with Gasteiger partial charge < -0.3 is 0 Å². The number of hydrogen-bond donors (Lipinski definition) is 1. The van der Waals surface area contributed by atoms with Gasteiger partial charge in [-0.3, -0.25) is 49.2 Å². The zero-order valence-corrected chi connectivity index (χ0v) is 21.4. The molecule has 3 aliphatic rings. The molecule has 5 heterocycles. The van der Waals surface area contributed by atoms with E-state index in [-0.39, 0.29) is 18.7 Å². The summed E-state index contributed by atoms with van der Waals surface area (Å²) in [4.78, 5) is 64.2. The number of piperidine rings is 1. The van der Waals surface area contributed by atoms with Crippen molar-refractivity contribution in [1.29, 1.82) is 0 Å². The van der Waals surface area contributed by atoms with Crippen LogP contribution in [0.1, 0.15) is 44.7 Å². The molecule has 4 amide bonds. The molecule has 3 aromatic rings. The first-order valence-electron chi connectivity index (χ1n) is 13.1. The number of fused-ring (bicyclic) bond motifs is 1. The summed E-state index contributed by atoms with van der Waals surface area (Å²) in [6.07, 6.45) is 5.72. The van der Waals surface area contributed by atoms with Gasteiger partial charge in [0, 0.05) is 69.8 Å². The van der Waals surface area contributed by atoms with E-state index in [2.05, 4.69) is 31.2 Å². The van der Waals surface area contributed by atoms with E-state index in [0.29, 0.717) is 17.7 Å². The number of nitrogens with zero attached hydrogens (tertiary/aromatic N) is 5. The van der Waals surface area contributed by atoms with Crippen LogP contribution in [0.5, 0.6) is 0 Å². The highest BCUT2D eigenvalue weighted by Crippen LogP contribution is 2.29. The van der Waals surface area contributed by atoms with Gasteiger partial charge in [0.25, 0.3) is 11.8 Å². The van der Waals surface area contributed by atoms with E-state index in [1.54, 1.807) is 24.5 Å². The molecule has 2 aromatic heterocycles. The van der Waals surface area contributed by atoms with Crippen LogP contribution in [0.4, 0.5) is 0 Å². The Bertz CT molecular complexity index is 1430. The Morgan fingerprint density at radius 3 is 2.13 bits per heavy atom. The normalized spacial score (nSPS) is 20.3. The average Bonchev–Trinajstić information content (AvgIpc) is 3.20. The Kier molecular flexibility index (Phi) is 6.72. The van der Waals surface area contributed by atoms with Gasteiger partial charge in [0.1, 0.15) is 6.04 Å². The molecule has 0 bridgehead atoms. The smallest absolute Gasteiger partial charge is 0.262 e. The van der Waals surface area contributed by atoms with Gasteiger partial charge in [-0.1, -0.05) is 12.1 Å². The van der Waals surface area contributed by atoms with Crippen molar-refractivity contribution in [2.75, 3.05) is 26.2 Å². The lowest BCUT2D eigenvalue weighted by molar-refractivity contribution is -0.136. The summed E-state index contributed by atoms with van der Waals surface area (Å²) in [5.41, 5.74) is 4.73. The highest BCUT2D eigenvalue weighted by molar-refractivity contribution is 6.23. The van der Waals surface area contributed by atoms with E-state index >= 15 is 0 Å². The molecule has 3 aliphatic heterocycles. The zero-order chi connectivity index (χ0) is 26.9. The molecule has 1 aromatic carbocycles. The third-order valence-corrected chi connectivity index (χ3v) is 7.58. The van der Waals surface area contributed by atoms with Gasteiger partial charge in [0.05, 0.1) is 16.8 Å². The standard InChI is InChI=1S/C29H28N6O4/c36-26-6-5-25(27(37)32-26)35-28(38)22-3-1-19(15-23(22)29(35)39)17-33-11-13-34(14-12-33)18-20-2-4-24(31-16-20)21-7-9-30-10-8-21/h1-4,7-10,15-16,25H,5-6,11-14,17-18H2,(H,32,36,37). The van der Waals surface area contributed by atoms with Gasteiger partial charge in [0.2, 0.25) is 11.8 Å². The van der Waals surface area contributed by atoms with Crippen LogP contribution in [0.15, 0.2) is 61.1 Å². The van der Waals surface area contributed by atoms with E-state index in [4.69, 9.17) is 0 Å². The summed E-state index contributed by atoms with van der Waals surface area (Å²) in [6, 6.07) is 12.4. The van der Waals surface area contributed by atoms with Gasteiger partial charge in [-0.25, -0.2) is 0 Å². The van der Waals surface area contributed by atoms with Crippen LogP contribution in [0.3, 0.4) is 0 Å². The van der Waals surface area contributed by atoms with Crippen LogP contribution in [0, 0.1) is 0 Å². The highest BCUT2D eigenvalue weighted by atomic mass is 16.2. The minimum absolute atomic E-state index is 0.106. The molecule has 6 rings (SSSR count). The van der Waals surface area contributed by atoms with E-state index < -0.39 is 23.8 Å². The van der Waals surface area contributed by atoms with Crippen LogP contribution in [0.2, 0.25) is 0 Å². The summed E-state index contributed by atoms with van der Waals surface area (Å²) < 4.78 is 0. The van der Waals surface area contributed by atoms with E-state index in [9.17, 15) is 19.2 Å². The number of hydrogen-bond acceptors (Lipinski definition) is 8. The lowest BCUT2D eigenvalue weighted by Crippen LogP contribution is -2.54. The van der Waals surface area contributed by atoms with Crippen LogP contribution < -0.4 is 5.32 Å². The minimum Gasteiger partial charge on any atom is -0.297 e. The molecular weight excluding hydrogens is 496 g/mol. The molecular formula is C29H28N6O4. The largest absolute Gasteiger partial charge is 0.297 e. The van der Waals surface area contributed by atoms with Gasteiger partial charge in [-0.15, -0.1) is 0 Å². The average molecular weight is 525 g/mol. The molecule has 198 valence electrons. The number of rotatable bonds is 6. The zero-order valence-electron chi connectivity index (χ0n) is 21.4. The first-order chi connectivity index (χ1) is 19.0. The molecule has 10 nitrogen and oxygen atoms in total. The Hall–Kier alpha value is -4.28. The topological polar surface area (TPSA) is 116 Å². The summed E-state index contributed by atoms with van der Waals surface area (Å²) in [6.45, 7) is 5.10. The van der Waals surface area contributed by atoms with Crippen molar-refractivity contribution in [3.05, 3.63) is 83.3 Å². The van der Waals surface area contributed by atoms with Crippen molar-refractivity contribution >= 4 is 23.6 Å². The molecule has 0 spiro atoms. The molecule has 0 saturated carbocycles. The summed E-state index contributed by atoms with van der Waals surface area (Å²) in [7, 11) is 0.